The summed E-state index contributed by atoms with van der Waals surface area (Å²) >= 11 is 5.76. The predicted octanol–water partition coefficient (Wildman–Crippen LogP) is 2.68. The van der Waals surface area contributed by atoms with Crippen LogP contribution in [0.5, 0.6) is 5.75 Å². The first-order valence-corrected chi connectivity index (χ1v) is 7.36. The molecule has 0 aliphatic carbocycles. The smallest absolute Gasteiger partial charge is 0.338 e. The third-order valence-corrected chi connectivity index (χ3v) is 3.52. The predicted molar refractivity (Wildman–Crippen MR) is 83.6 cm³/mol. The van der Waals surface area contributed by atoms with Crippen LogP contribution >= 0.6 is 11.6 Å². The Morgan fingerprint density at radius 3 is 2.87 bits per heavy atom. The molecular formula is C16H13ClN2O4. The van der Waals surface area contributed by atoms with E-state index in [9.17, 15) is 9.59 Å². The second-order valence-corrected chi connectivity index (χ2v) is 5.31. The lowest BCUT2D eigenvalue weighted by Crippen LogP contribution is -2.38. The van der Waals surface area contributed by atoms with Gasteiger partial charge in [-0.3, -0.25) is 4.79 Å². The summed E-state index contributed by atoms with van der Waals surface area (Å²) in [4.78, 5) is 27.8. The van der Waals surface area contributed by atoms with Crippen LogP contribution in [0.1, 0.15) is 16.8 Å². The molecule has 0 saturated carbocycles. The molecular weight excluding hydrogens is 320 g/mol. The lowest BCUT2D eigenvalue weighted by Gasteiger charge is -2.24. The first kappa shape index (κ1) is 15.3. The highest BCUT2D eigenvalue weighted by Crippen LogP contribution is 2.27. The maximum atomic E-state index is 11.9. The summed E-state index contributed by atoms with van der Waals surface area (Å²) in [6.45, 7) is 0.0646. The van der Waals surface area contributed by atoms with E-state index in [1.807, 2.05) is 0 Å². The van der Waals surface area contributed by atoms with Gasteiger partial charge >= 0.3 is 5.97 Å². The molecule has 0 bridgehead atoms. The van der Waals surface area contributed by atoms with Crippen molar-refractivity contribution in [2.75, 3.05) is 11.9 Å². The molecule has 0 radical (unpaired) electrons. The van der Waals surface area contributed by atoms with Crippen LogP contribution in [0.25, 0.3) is 0 Å². The molecule has 0 saturated heterocycles. The van der Waals surface area contributed by atoms with Crippen LogP contribution in [0, 0.1) is 0 Å². The number of amides is 1. The fraction of sp³-hybridized carbons (Fsp3) is 0.188. The van der Waals surface area contributed by atoms with Crippen molar-refractivity contribution in [1.82, 2.24) is 4.98 Å². The minimum Gasteiger partial charge on any atom is -0.477 e. The molecule has 1 aliphatic rings. The quantitative estimate of drug-likeness (QED) is 0.871. The molecule has 1 aliphatic heterocycles. The van der Waals surface area contributed by atoms with Crippen molar-refractivity contribution >= 4 is 29.3 Å². The van der Waals surface area contributed by atoms with Crippen LogP contribution in [-0.2, 0) is 9.53 Å². The molecule has 3 rings (SSSR count). The van der Waals surface area contributed by atoms with Crippen LogP contribution in [0.4, 0.5) is 5.82 Å². The van der Waals surface area contributed by atoms with Gasteiger partial charge in [0.15, 0.2) is 17.7 Å². The van der Waals surface area contributed by atoms with Gasteiger partial charge in [-0.05, 0) is 36.4 Å². The highest BCUT2D eigenvalue weighted by molar-refractivity contribution is 6.30. The fourth-order valence-electron chi connectivity index (χ4n) is 2.10. The number of carbonyl (C=O) groups excluding carboxylic acids is 2. The number of esters is 1. The van der Waals surface area contributed by atoms with Gasteiger partial charge in [-0.15, -0.1) is 0 Å². The van der Waals surface area contributed by atoms with Gasteiger partial charge in [-0.1, -0.05) is 11.6 Å². The normalized spacial score (nSPS) is 16.0. The molecule has 6 nitrogen and oxygen atoms in total. The van der Waals surface area contributed by atoms with Crippen LogP contribution in [0.15, 0.2) is 42.6 Å². The molecule has 118 valence electrons. The number of carbonyl (C=O) groups is 2. The average molecular weight is 333 g/mol. The third kappa shape index (κ3) is 3.60. The molecule has 0 unspecified atom stereocenters. The van der Waals surface area contributed by atoms with E-state index in [0.717, 1.165) is 0 Å². The number of pyridine rings is 1. The lowest BCUT2D eigenvalue weighted by atomic mass is 10.2. The molecule has 7 heteroatoms. The maximum absolute atomic E-state index is 11.9. The minimum absolute atomic E-state index is 0.0646. The summed E-state index contributed by atoms with van der Waals surface area (Å²) in [6.07, 6.45) is 1.10. The van der Waals surface area contributed by atoms with E-state index in [4.69, 9.17) is 21.1 Å². The van der Waals surface area contributed by atoms with Gasteiger partial charge in [0.2, 0.25) is 0 Å². The van der Waals surface area contributed by atoms with Crippen LogP contribution < -0.4 is 10.1 Å². The Bertz CT molecular complexity index is 733. The average Bonchev–Trinajstić information content (AvgIpc) is 2.56. The van der Waals surface area contributed by atoms with Crippen molar-refractivity contribution in [1.29, 1.82) is 0 Å². The van der Waals surface area contributed by atoms with E-state index in [0.29, 0.717) is 22.2 Å². The van der Waals surface area contributed by atoms with Crippen molar-refractivity contribution in [2.45, 2.75) is 12.5 Å². The molecule has 23 heavy (non-hydrogen) atoms. The van der Waals surface area contributed by atoms with Crippen molar-refractivity contribution < 1.29 is 19.1 Å². The Labute approximate surface area is 137 Å². The first-order chi connectivity index (χ1) is 11.1. The standard InChI is InChI=1S/C16H13ClN2O4/c17-11-5-3-10(4-6-11)16(21)22-9-7-13-15(20)19-14-12(23-13)2-1-8-18-14/h1-6,8,13H,7,9H2,(H,18,19,20)/t13-/m1/s1. The zero-order valence-corrected chi connectivity index (χ0v) is 12.7. The van der Waals surface area contributed by atoms with E-state index in [2.05, 4.69) is 10.3 Å². The summed E-state index contributed by atoms with van der Waals surface area (Å²) in [6, 6.07) is 9.81. The first-order valence-electron chi connectivity index (χ1n) is 6.99. The summed E-state index contributed by atoms with van der Waals surface area (Å²) in [5, 5.41) is 3.20. The van der Waals surface area contributed by atoms with Gasteiger partial charge in [-0.2, -0.15) is 0 Å². The number of hydrogen-bond acceptors (Lipinski definition) is 5. The van der Waals surface area contributed by atoms with Crippen LogP contribution in [0.3, 0.4) is 0 Å². The van der Waals surface area contributed by atoms with Gasteiger partial charge in [0, 0.05) is 17.6 Å². The number of ether oxygens (including phenoxy) is 2. The number of halogens is 1. The fourth-order valence-corrected chi connectivity index (χ4v) is 2.23. The Balaban J connectivity index is 1.54. The van der Waals surface area contributed by atoms with Crippen molar-refractivity contribution in [3.05, 3.63) is 53.2 Å². The molecule has 1 aromatic heterocycles. The monoisotopic (exact) mass is 332 g/mol. The number of fused-ring (bicyclic) bond motifs is 1. The summed E-state index contributed by atoms with van der Waals surface area (Å²) in [5.74, 6) is 0.117. The van der Waals surface area contributed by atoms with E-state index >= 15 is 0 Å². The van der Waals surface area contributed by atoms with Gasteiger partial charge < -0.3 is 14.8 Å². The van der Waals surface area contributed by atoms with Crippen molar-refractivity contribution in [2.24, 2.45) is 0 Å². The van der Waals surface area contributed by atoms with Crippen LogP contribution in [0.2, 0.25) is 5.02 Å². The molecule has 1 aromatic carbocycles. The minimum atomic E-state index is -0.718. The zero-order chi connectivity index (χ0) is 16.2. The molecule has 1 atom stereocenters. The molecule has 2 aromatic rings. The maximum Gasteiger partial charge on any atom is 0.338 e. The van der Waals surface area contributed by atoms with Gasteiger partial charge in [-0.25, -0.2) is 9.78 Å². The highest BCUT2D eigenvalue weighted by atomic mass is 35.5. The zero-order valence-electron chi connectivity index (χ0n) is 12.0. The Kier molecular flexibility index (Phi) is 4.43. The number of benzene rings is 1. The number of aromatic nitrogens is 1. The molecule has 1 N–H and O–H groups in total. The number of anilines is 1. The summed E-state index contributed by atoms with van der Waals surface area (Å²) in [7, 11) is 0. The molecule has 0 spiro atoms. The summed E-state index contributed by atoms with van der Waals surface area (Å²) < 4.78 is 10.7. The topological polar surface area (TPSA) is 77.5 Å². The van der Waals surface area contributed by atoms with E-state index in [1.165, 1.54) is 0 Å². The van der Waals surface area contributed by atoms with E-state index in [1.54, 1.807) is 42.6 Å². The van der Waals surface area contributed by atoms with Gasteiger partial charge in [0.25, 0.3) is 5.91 Å². The molecule has 2 heterocycles. The Morgan fingerprint density at radius 1 is 1.30 bits per heavy atom. The van der Waals surface area contributed by atoms with Crippen molar-refractivity contribution in [3.8, 4) is 5.75 Å². The second-order valence-electron chi connectivity index (χ2n) is 4.88. The summed E-state index contributed by atoms with van der Waals surface area (Å²) in [5.41, 5.74) is 0.401. The van der Waals surface area contributed by atoms with Crippen LogP contribution in [-0.4, -0.2) is 29.6 Å². The van der Waals surface area contributed by atoms with Gasteiger partial charge in [0.05, 0.1) is 12.2 Å². The Morgan fingerprint density at radius 2 is 2.09 bits per heavy atom. The molecule has 0 fully saturated rings. The number of nitrogens with zero attached hydrogens (tertiary/aromatic N) is 1. The van der Waals surface area contributed by atoms with Gasteiger partial charge in [0.1, 0.15) is 0 Å². The van der Waals surface area contributed by atoms with E-state index in [-0.39, 0.29) is 18.9 Å². The third-order valence-electron chi connectivity index (χ3n) is 3.27. The second kappa shape index (κ2) is 6.66. The number of rotatable bonds is 4. The molecule has 1 amide bonds. The Hall–Kier alpha value is -2.60. The SMILES string of the molecule is O=C(OCC[C@H]1Oc2cccnc2NC1=O)c1ccc(Cl)cc1. The largest absolute Gasteiger partial charge is 0.477 e. The number of nitrogens with one attached hydrogen (secondary N) is 1. The van der Waals surface area contributed by atoms with Crippen molar-refractivity contribution in [3.63, 3.8) is 0 Å². The highest BCUT2D eigenvalue weighted by Gasteiger charge is 2.28. The number of hydrogen-bond donors (Lipinski definition) is 1. The lowest BCUT2D eigenvalue weighted by molar-refractivity contribution is -0.124. The van der Waals surface area contributed by atoms with E-state index < -0.39 is 12.1 Å².